The molecule has 5 heterocycles. The molecular formula is C56H35BN2O2S2. The summed E-state index contributed by atoms with van der Waals surface area (Å²) in [5.74, 6) is 1.57. The number of aryl methyl sites for hydroxylation is 1. The zero-order chi connectivity index (χ0) is 41.3. The van der Waals surface area contributed by atoms with E-state index < -0.39 is 0 Å². The van der Waals surface area contributed by atoms with Crippen LogP contribution >= 0.6 is 22.7 Å². The SMILES string of the molecule is Cc1cc2c3c(c1)N(c1ccccc1)c1c(ccc4c1OCO4)B3c1cc(-c3ccc4c(c3)sc3ccccc34)ccc1N2c1ccc(-c2ccc3c(c2)sc2ccccc23)cc1. The van der Waals surface area contributed by atoms with Gasteiger partial charge in [-0.2, -0.15) is 0 Å². The molecule has 11 aromatic rings. The second-order valence-corrected chi connectivity index (χ2v) is 19.0. The van der Waals surface area contributed by atoms with Gasteiger partial charge in [-0.05, 0) is 124 Å². The average Bonchev–Trinajstić information content (AvgIpc) is 4.07. The average molecular weight is 843 g/mol. The van der Waals surface area contributed by atoms with Gasteiger partial charge in [0.15, 0.2) is 11.5 Å². The molecule has 296 valence electrons. The standard InChI is InChI=1S/C56H35BN2O2S2/c1-33-27-47-54-48(28-33)59(38-9-3-2-4-10-38)55-44(24-26-49-56(55)61-32-60-49)57(54)45-29-35(37-18-23-43-41-12-6-8-14-51(41)63-53(43)31-37)19-25-46(45)58(47)39-20-15-34(16-21-39)36-17-22-42-40-11-5-7-13-50(40)62-52(42)30-36/h2-31H,32H2,1H3. The van der Waals surface area contributed by atoms with E-state index in [1.165, 1.54) is 95.9 Å². The van der Waals surface area contributed by atoms with E-state index in [1.54, 1.807) is 0 Å². The van der Waals surface area contributed by atoms with Crippen LogP contribution in [0.1, 0.15) is 5.56 Å². The second-order valence-electron chi connectivity index (χ2n) is 16.8. The lowest BCUT2D eigenvalue weighted by Crippen LogP contribution is -2.61. The van der Waals surface area contributed by atoms with Crippen LogP contribution in [0.5, 0.6) is 11.5 Å². The van der Waals surface area contributed by atoms with Crippen molar-refractivity contribution in [2.24, 2.45) is 0 Å². The third-order valence-electron chi connectivity index (χ3n) is 13.3. The highest BCUT2D eigenvalue weighted by atomic mass is 32.1. The predicted octanol–water partition coefficient (Wildman–Crippen LogP) is 13.9. The molecule has 14 rings (SSSR count). The van der Waals surface area contributed by atoms with Crippen LogP contribution in [0.25, 0.3) is 62.6 Å². The lowest BCUT2D eigenvalue weighted by molar-refractivity contribution is 0.174. The molecule has 3 aliphatic heterocycles. The minimum atomic E-state index is -0.0633. The molecule has 0 saturated heterocycles. The van der Waals surface area contributed by atoms with E-state index in [0.717, 1.165) is 34.2 Å². The molecule has 0 radical (unpaired) electrons. The number of para-hydroxylation sites is 1. The number of anilines is 6. The Kier molecular flexibility index (Phi) is 7.48. The van der Waals surface area contributed by atoms with Crippen molar-refractivity contribution in [1.82, 2.24) is 0 Å². The molecule has 0 unspecified atom stereocenters. The summed E-state index contributed by atoms with van der Waals surface area (Å²) in [6.07, 6.45) is 0. The first-order valence-corrected chi connectivity index (χ1v) is 23.1. The molecule has 63 heavy (non-hydrogen) atoms. The molecule has 0 saturated carbocycles. The molecule has 0 bridgehead atoms. The Labute approximate surface area is 372 Å². The normalized spacial score (nSPS) is 13.6. The van der Waals surface area contributed by atoms with E-state index in [2.05, 4.69) is 199 Å². The van der Waals surface area contributed by atoms with Crippen molar-refractivity contribution in [2.75, 3.05) is 16.6 Å². The van der Waals surface area contributed by atoms with Gasteiger partial charge in [-0.15, -0.1) is 22.7 Å². The van der Waals surface area contributed by atoms with Crippen molar-refractivity contribution in [2.45, 2.75) is 6.92 Å². The highest BCUT2D eigenvalue weighted by Gasteiger charge is 2.45. The minimum Gasteiger partial charge on any atom is -0.454 e. The number of ether oxygens (including phenoxy) is 2. The Balaban J connectivity index is 0.981. The molecule has 9 aromatic carbocycles. The Morgan fingerprint density at radius 3 is 1.73 bits per heavy atom. The summed E-state index contributed by atoms with van der Waals surface area (Å²) in [4.78, 5) is 4.90. The fourth-order valence-electron chi connectivity index (χ4n) is 10.5. The summed E-state index contributed by atoms with van der Waals surface area (Å²) < 4.78 is 17.7. The zero-order valence-corrected chi connectivity index (χ0v) is 35.8. The van der Waals surface area contributed by atoms with Crippen LogP contribution in [0.2, 0.25) is 0 Å². The van der Waals surface area contributed by atoms with Gasteiger partial charge in [0, 0.05) is 68.8 Å². The summed E-state index contributed by atoms with van der Waals surface area (Å²) >= 11 is 3.73. The summed E-state index contributed by atoms with van der Waals surface area (Å²) in [6, 6.07) is 67.4. The molecule has 0 fully saturated rings. The Morgan fingerprint density at radius 1 is 0.444 bits per heavy atom. The van der Waals surface area contributed by atoms with Crippen LogP contribution in [-0.4, -0.2) is 13.5 Å². The molecule has 0 aliphatic carbocycles. The number of thiophene rings is 2. The summed E-state index contributed by atoms with van der Waals surface area (Å²) in [6.45, 7) is 2.35. The monoisotopic (exact) mass is 842 g/mol. The first-order chi connectivity index (χ1) is 31.1. The third kappa shape index (κ3) is 5.21. The van der Waals surface area contributed by atoms with E-state index in [1.807, 2.05) is 22.7 Å². The zero-order valence-electron chi connectivity index (χ0n) is 34.1. The van der Waals surface area contributed by atoms with Crippen molar-refractivity contribution in [3.8, 4) is 33.8 Å². The smallest absolute Gasteiger partial charge is 0.252 e. The molecule has 0 atom stereocenters. The predicted molar refractivity (Wildman–Crippen MR) is 268 cm³/mol. The molecule has 7 heteroatoms. The first kappa shape index (κ1) is 35.3. The fraction of sp³-hybridized carbons (Fsp3) is 0.0357. The van der Waals surface area contributed by atoms with Crippen molar-refractivity contribution in [3.05, 3.63) is 188 Å². The van der Waals surface area contributed by atoms with E-state index in [4.69, 9.17) is 9.47 Å². The Morgan fingerprint density at radius 2 is 1.02 bits per heavy atom. The maximum atomic E-state index is 6.39. The maximum absolute atomic E-state index is 6.39. The van der Waals surface area contributed by atoms with E-state index in [9.17, 15) is 0 Å². The molecule has 2 aromatic heterocycles. The number of rotatable bonds is 4. The Bertz CT molecular complexity index is 3710. The van der Waals surface area contributed by atoms with Gasteiger partial charge >= 0.3 is 0 Å². The number of benzene rings is 9. The van der Waals surface area contributed by atoms with Gasteiger partial charge in [0.1, 0.15) is 0 Å². The van der Waals surface area contributed by atoms with Crippen LogP contribution in [-0.2, 0) is 0 Å². The summed E-state index contributed by atoms with van der Waals surface area (Å²) in [5.41, 5.74) is 16.5. The van der Waals surface area contributed by atoms with Crippen LogP contribution in [0, 0.1) is 6.92 Å². The van der Waals surface area contributed by atoms with E-state index >= 15 is 0 Å². The molecule has 3 aliphatic rings. The Hall–Kier alpha value is -7.32. The van der Waals surface area contributed by atoms with Crippen LogP contribution in [0.3, 0.4) is 0 Å². The third-order valence-corrected chi connectivity index (χ3v) is 15.5. The molecule has 0 spiro atoms. The quantitative estimate of drug-likeness (QED) is 0.165. The molecule has 0 N–H and O–H groups in total. The van der Waals surface area contributed by atoms with Gasteiger partial charge < -0.3 is 19.3 Å². The van der Waals surface area contributed by atoms with Gasteiger partial charge in [-0.3, -0.25) is 0 Å². The van der Waals surface area contributed by atoms with Crippen molar-refractivity contribution in [1.29, 1.82) is 0 Å². The van der Waals surface area contributed by atoms with Crippen LogP contribution in [0.4, 0.5) is 34.1 Å². The molecule has 4 nitrogen and oxygen atoms in total. The lowest BCUT2D eigenvalue weighted by Gasteiger charge is -2.44. The van der Waals surface area contributed by atoms with E-state index in [-0.39, 0.29) is 13.5 Å². The largest absolute Gasteiger partial charge is 0.454 e. The highest BCUT2D eigenvalue weighted by molar-refractivity contribution is 7.26. The van der Waals surface area contributed by atoms with Crippen molar-refractivity contribution >= 4 is 120 Å². The number of fused-ring (bicyclic) bond motifs is 12. The van der Waals surface area contributed by atoms with Gasteiger partial charge in [0.05, 0.1) is 5.69 Å². The first-order valence-electron chi connectivity index (χ1n) is 21.4. The van der Waals surface area contributed by atoms with E-state index in [0.29, 0.717) is 0 Å². The number of hydrogen-bond donors (Lipinski definition) is 0. The van der Waals surface area contributed by atoms with Crippen molar-refractivity contribution in [3.63, 3.8) is 0 Å². The fourth-order valence-corrected chi connectivity index (χ4v) is 12.8. The highest BCUT2D eigenvalue weighted by Crippen LogP contribution is 2.51. The summed E-state index contributed by atoms with van der Waals surface area (Å²) in [7, 11) is 0. The topological polar surface area (TPSA) is 24.9 Å². The van der Waals surface area contributed by atoms with Gasteiger partial charge in [-0.25, -0.2) is 0 Å². The lowest BCUT2D eigenvalue weighted by atomic mass is 9.33. The number of nitrogens with zero attached hydrogens (tertiary/aromatic N) is 2. The second kappa shape index (κ2) is 13.3. The number of hydrogen-bond acceptors (Lipinski definition) is 6. The molecular weight excluding hydrogens is 808 g/mol. The van der Waals surface area contributed by atoms with Crippen LogP contribution in [0.15, 0.2) is 182 Å². The van der Waals surface area contributed by atoms with Gasteiger partial charge in [0.2, 0.25) is 6.79 Å². The van der Waals surface area contributed by atoms with Gasteiger partial charge in [-0.1, -0.05) is 109 Å². The maximum Gasteiger partial charge on any atom is 0.252 e. The minimum absolute atomic E-state index is 0.0633. The summed E-state index contributed by atoms with van der Waals surface area (Å²) in [5, 5.41) is 5.27. The van der Waals surface area contributed by atoms with Crippen molar-refractivity contribution < 1.29 is 9.47 Å². The van der Waals surface area contributed by atoms with Crippen LogP contribution < -0.4 is 35.7 Å². The molecule has 0 amide bonds. The van der Waals surface area contributed by atoms with Gasteiger partial charge in [0.25, 0.3) is 6.71 Å².